The van der Waals surface area contributed by atoms with Gasteiger partial charge in [-0.25, -0.2) is 0 Å². The number of aliphatic hydroxyl groups is 1. The van der Waals surface area contributed by atoms with Crippen molar-refractivity contribution in [1.29, 1.82) is 0 Å². The third-order valence-electron chi connectivity index (χ3n) is 4.78. The summed E-state index contributed by atoms with van der Waals surface area (Å²) in [5.74, 6) is -0.0374. The molecule has 130 valence electrons. The lowest BCUT2D eigenvalue weighted by Crippen LogP contribution is -2.37. The molecule has 0 aromatic carbocycles. The van der Waals surface area contributed by atoms with Crippen LogP contribution in [0, 0.1) is 0 Å². The second-order valence-electron chi connectivity index (χ2n) is 6.87. The zero-order chi connectivity index (χ0) is 16.0. The Bertz CT molecular complexity index is 275. The first kappa shape index (κ1) is 19.5. The molecule has 1 N–H and O–H groups in total. The van der Waals surface area contributed by atoms with Crippen molar-refractivity contribution in [2.75, 3.05) is 13.1 Å². The number of carbonyl (C=O) groups is 1. The van der Waals surface area contributed by atoms with E-state index in [4.69, 9.17) is 0 Å². The van der Waals surface area contributed by atoms with Crippen LogP contribution in [-0.4, -0.2) is 35.1 Å². The van der Waals surface area contributed by atoms with Crippen LogP contribution in [0.5, 0.6) is 0 Å². The molecule has 1 atom stereocenters. The van der Waals surface area contributed by atoms with Gasteiger partial charge in [0.2, 0.25) is 0 Å². The molecule has 0 saturated carbocycles. The molecule has 1 rings (SSSR count). The van der Waals surface area contributed by atoms with Gasteiger partial charge in [-0.2, -0.15) is 0 Å². The molecule has 0 radical (unpaired) electrons. The van der Waals surface area contributed by atoms with Gasteiger partial charge in [-0.1, -0.05) is 77.6 Å². The molecule has 1 saturated heterocycles. The second-order valence-corrected chi connectivity index (χ2v) is 6.87. The summed E-state index contributed by atoms with van der Waals surface area (Å²) in [7, 11) is 0. The zero-order valence-electron chi connectivity index (χ0n) is 14.7. The van der Waals surface area contributed by atoms with E-state index < -0.39 is 6.10 Å². The molecule has 1 aliphatic heterocycles. The first-order valence-corrected chi connectivity index (χ1v) is 9.72. The molecule has 1 aliphatic rings. The minimum atomic E-state index is -0.753. The van der Waals surface area contributed by atoms with Crippen LogP contribution in [0.3, 0.4) is 0 Å². The van der Waals surface area contributed by atoms with Crippen LogP contribution in [0.2, 0.25) is 0 Å². The lowest BCUT2D eigenvalue weighted by Gasteiger charge is -2.19. The molecule has 0 spiro atoms. The monoisotopic (exact) mass is 311 g/mol. The number of rotatable bonds is 13. The molecule has 0 aliphatic carbocycles. The Morgan fingerprint density at radius 2 is 1.32 bits per heavy atom. The normalized spacial score (nSPS) is 16.2. The highest BCUT2D eigenvalue weighted by Gasteiger charge is 2.23. The van der Waals surface area contributed by atoms with Crippen LogP contribution >= 0.6 is 0 Å². The maximum atomic E-state index is 11.9. The van der Waals surface area contributed by atoms with Crippen molar-refractivity contribution >= 4 is 5.91 Å². The number of amides is 1. The van der Waals surface area contributed by atoms with Crippen LogP contribution in [0.15, 0.2) is 0 Å². The van der Waals surface area contributed by atoms with Gasteiger partial charge in [0.1, 0.15) is 6.10 Å². The Morgan fingerprint density at radius 1 is 0.864 bits per heavy atom. The smallest absolute Gasteiger partial charge is 0.251 e. The highest BCUT2D eigenvalue weighted by molar-refractivity contribution is 5.80. The predicted octanol–water partition coefficient (Wildman–Crippen LogP) is 4.67. The summed E-state index contributed by atoms with van der Waals surface area (Å²) in [4.78, 5) is 13.8. The fourth-order valence-corrected chi connectivity index (χ4v) is 3.27. The van der Waals surface area contributed by atoms with Gasteiger partial charge >= 0.3 is 0 Å². The first-order valence-electron chi connectivity index (χ1n) is 9.72. The number of aliphatic hydroxyl groups excluding tert-OH is 1. The van der Waals surface area contributed by atoms with Gasteiger partial charge < -0.3 is 10.0 Å². The largest absolute Gasteiger partial charge is 0.383 e. The number of carbonyl (C=O) groups excluding carboxylic acids is 1. The SMILES string of the molecule is CCCCCCCCCCCCCC(O)C(=O)N1CCCC1. The third kappa shape index (κ3) is 8.77. The van der Waals surface area contributed by atoms with Gasteiger partial charge in [-0.3, -0.25) is 4.79 Å². The van der Waals surface area contributed by atoms with Crippen molar-refractivity contribution in [2.45, 2.75) is 103 Å². The van der Waals surface area contributed by atoms with E-state index in [1.165, 1.54) is 57.8 Å². The predicted molar refractivity (Wildman–Crippen MR) is 92.9 cm³/mol. The highest BCUT2D eigenvalue weighted by atomic mass is 16.3. The number of likely N-dealkylation sites (tertiary alicyclic amines) is 1. The summed E-state index contributed by atoms with van der Waals surface area (Å²) in [6, 6.07) is 0. The van der Waals surface area contributed by atoms with Crippen LogP contribution in [0.1, 0.15) is 96.8 Å². The van der Waals surface area contributed by atoms with Gasteiger partial charge in [0.05, 0.1) is 0 Å². The standard InChI is InChI=1S/C19H37NO2/c1-2-3-4-5-6-7-8-9-10-11-12-15-18(21)19(22)20-16-13-14-17-20/h18,21H,2-17H2,1H3. The average molecular weight is 312 g/mol. The number of nitrogens with zero attached hydrogens (tertiary/aromatic N) is 1. The fraction of sp³-hybridized carbons (Fsp3) is 0.947. The van der Waals surface area contributed by atoms with Crippen molar-refractivity contribution in [1.82, 2.24) is 4.90 Å². The zero-order valence-corrected chi connectivity index (χ0v) is 14.7. The molecular weight excluding hydrogens is 274 g/mol. The molecular formula is C19H37NO2. The summed E-state index contributed by atoms with van der Waals surface area (Å²) >= 11 is 0. The molecule has 1 unspecified atom stereocenters. The van der Waals surface area contributed by atoms with E-state index in [1.54, 1.807) is 0 Å². The summed E-state index contributed by atoms with van der Waals surface area (Å²) in [6.07, 6.45) is 16.4. The van der Waals surface area contributed by atoms with E-state index in [1.807, 2.05) is 4.90 Å². The molecule has 22 heavy (non-hydrogen) atoms. The Labute approximate surface area is 137 Å². The van der Waals surface area contributed by atoms with Crippen molar-refractivity contribution < 1.29 is 9.90 Å². The highest BCUT2D eigenvalue weighted by Crippen LogP contribution is 2.14. The van der Waals surface area contributed by atoms with Gasteiger partial charge in [-0.15, -0.1) is 0 Å². The van der Waals surface area contributed by atoms with E-state index in [0.717, 1.165) is 38.8 Å². The molecule has 3 nitrogen and oxygen atoms in total. The van der Waals surface area contributed by atoms with Gasteiger partial charge in [0.15, 0.2) is 0 Å². The maximum absolute atomic E-state index is 11.9. The molecule has 0 aromatic heterocycles. The van der Waals surface area contributed by atoms with Crippen molar-refractivity contribution in [3.63, 3.8) is 0 Å². The van der Waals surface area contributed by atoms with Gasteiger partial charge in [0.25, 0.3) is 5.91 Å². The Morgan fingerprint density at radius 3 is 1.82 bits per heavy atom. The van der Waals surface area contributed by atoms with Crippen molar-refractivity contribution in [2.24, 2.45) is 0 Å². The molecule has 0 bridgehead atoms. The van der Waals surface area contributed by atoms with Gasteiger partial charge in [0, 0.05) is 13.1 Å². The van der Waals surface area contributed by atoms with E-state index in [0.29, 0.717) is 6.42 Å². The van der Waals surface area contributed by atoms with Gasteiger partial charge in [-0.05, 0) is 19.3 Å². The van der Waals surface area contributed by atoms with E-state index in [2.05, 4.69) is 6.92 Å². The number of hydrogen-bond acceptors (Lipinski definition) is 2. The Hall–Kier alpha value is -0.570. The summed E-state index contributed by atoms with van der Waals surface area (Å²) in [5, 5.41) is 9.93. The van der Waals surface area contributed by atoms with Crippen LogP contribution in [0.25, 0.3) is 0 Å². The lowest BCUT2D eigenvalue weighted by molar-refractivity contribution is -0.139. The van der Waals surface area contributed by atoms with E-state index in [9.17, 15) is 9.90 Å². The van der Waals surface area contributed by atoms with Crippen LogP contribution in [0.4, 0.5) is 0 Å². The van der Waals surface area contributed by atoms with Crippen molar-refractivity contribution in [3.8, 4) is 0 Å². The lowest BCUT2D eigenvalue weighted by atomic mass is 10.0. The van der Waals surface area contributed by atoms with Crippen molar-refractivity contribution in [3.05, 3.63) is 0 Å². The quantitative estimate of drug-likeness (QED) is 0.502. The third-order valence-corrected chi connectivity index (χ3v) is 4.78. The van der Waals surface area contributed by atoms with E-state index >= 15 is 0 Å². The topological polar surface area (TPSA) is 40.5 Å². The summed E-state index contributed by atoms with van der Waals surface area (Å²) < 4.78 is 0. The number of hydrogen-bond donors (Lipinski definition) is 1. The second kappa shape index (κ2) is 12.9. The number of unbranched alkanes of at least 4 members (excludes halogenated alkanes) is 10. The first-order chi connectivity index (χ1) is 10.8. The fourth-order valence-electron chi connectivity index (χ4n) is 3.27. The Kier molecular flexibility index (Phi) is 11.4. The molecule has 3 heteroatoms. The molecule has 0 aromatic rings. The van der Waals surface area contributed by atoms with E-state index in [-0.39, 0.29) is 5.91 Å². The molecule has 1 fully saturated rings. The maximum Gasteiger partial charge on any atom is 0.251 e. The Balaban J connectivity index is 1.85. The molecule has 1 amide bonds. The molecule has 1 heterocycles. The summed E-state index contributed by atoms with van der Waals surface area (Å²) in [6.45, 7) is 3.94. The summed E-state index contributed by atoms with van der Waals surface area (Å²) in [5.41, 5.74) is 0. The minimum absolute atomic E-state index is 0.0374. The average Bonchev–Trinajstić information content (AvgIpc) is 3.06. The van der Waals surface area contributed by atoms with Crippen LogP contribution < -0.4 is 0 Å². The minimum Gasteiger partial charge on any atom is -0.383 e. The van der Waals surface area contributed by atoms with Crippen LogP contribution in [-0.2, 0) is 4.79 Å².